The van der Waals surface area contributed by atoms with Crippen LogP contribution < -0.4 is 5.32 Å². The van der Waals surface area contributed by atoms with Gasteiger partial charge in [0, 0.05) is 18.6 Å². The number of pyridine rings is 2. The molecule has 1 atom stereocenters. The van der Waals surface area contributed by atoms with Crippen LogP contribution in [0.25, 0.3) is 0 Å². The zero-order valence-electron chi connectivity index (χ0n) is 10.7. The summed E-state index contributed by atoms with van der Waals surface area (Å²) in [5.74, 6) is 0. The van der Waals surface area contributed by atoms with Crippen molar-refractivity contribution >= 4 is 0 Å². The second kappa shape index (κ2) is 6.87. The van der Waals surface area contributed by atoms with Crippen molar-refractivity contribution in [1.29, 1.82) is 0 Å². The molecule has 0 saturated carbocycles. The maximum atomic E-state index is 4.45. The molecular formula is C15H19N3. The van der Waals surface area contributed by atoms with E-state index >= 15 is 0 Å². The van der Waals surface area contributed by atoms with E-state index in [2.05, 4.69) is 34.3 Å². The van der Waals surface area contributed by atoms with Crippen LogP contribution in [0.1, 0.15) is 30.6 Å². The van der Waals surface area contributed by atoms with Gasteiger partial charge in [0.1, 0.15) is 0 Å². The first-order valence-corrected chi connectivity index (χ1v) is 6.43. The van der Waals surface area contributed by atoms with Crippen molar-refractivity contribution in [2.75, 3.05) is 6.54 Å². The molecule has 1 unspecified atom stereocenters. The van der Waals surface area contributed by atoms with E-state index in [1.807, 2.05) is 30.6 Å². The molecule has 0 radical (unpaired) electrons. The normalized spacial score (nSPS) is 12.3. The van der Waals surface area contributed by atoms with E-state index in [1.165, 1.54) is 5.56 Å². The van der Waals surface area contributed by atoms with Crippen molar-refractivity contribution < 1.29 is 0 Å². The van der Waals surface area contributed by atoms with Crippen LogP contribution in [0, 0.1) is 0 Å². The molecular weight excluding hydrogens is 222 g/mol. The molecule has 0 saturated heterocycles. The van der Waals surface area contributed by atoms with Gasteiger partial charge in [-0.2, -0.15) is 0 Å². The average Bonchev–Trinajstić information content (AvgIpc) is 2.45. The van der Waals surface area contributed by atoms with Crippen molar-refractivity contribution in [3.63, 3.8) is 0 Å². The number of rotatable bonds is 6. The Labute approximate surface area is 108 Å². The van der Waals surface area contributed by atoms with Crippen LogP contribution in [0.5, 0.6) is 0 Å². The first-order valence-electron chi connectivity index (χ1n) is 6.43. The largest absolute Gasteiger partial charge is 0.308 e. The SMILES string of the molecule is CCCNC(Cc1cccnc1)c1ccccn1. The molecule has 94 valence electrons. The number of nitrogens with zero attached hydrogens (tertiary/aromatic N) is 2. The summed E-state index contributed by atoms with van der Waals surface area (Å²) in [6, 6.07) is 10.4. The van der Waals surface area contributed by atoms with Crippen LogP contribution >= 0.6 is 0 Å². The quantitative estimate of drug-likeness (QED) is 0.845. The first kappa shape index (κ1) is 12.7. The maximum Gasteiger partial charge on any atom is 0.0576 e. The number of hydrogen-bond acceptors (Lipinski definition) is 3. The molecule has 0 amide bonds. The van der Waals surface area contributed by atoms with Gasteiger partial charge in [0.25, 0.3) is 0 Å². The van der Waals surface area contributed by atoms with E-state index in [0.717, 1.165) is 25.1 Å². The second-order valence-corrected chi connectivity index (χ2v) is 4.33. The molecule has 2 rings (SSSR count). The Morgan fingerprint density at radius 1 is 1.17 bits per heavy atom. The van der Waals surface area contributed by atoms with Gasteiger partial charge < -0.3 is 5.32 Å². The molecule has 0 fully saturated rings. The second-order valence-electron chi connectivity index (χ2n) is 4.33. The number of aromatic nitrogens is 2. The third-order valence-electron chi connectivity index (χ3n) is 2.85. The summed E-state index contributed by atoms with van der Waals surface area (Å²) in [5.41, 5.74) is 2.33. The van der Waals surface area contributed by atoms with Gasteiger partial charge in [0.05, 0.1) is 11.7 Å². The molecule has 0 bridgehead atoms. The van der Waals surface area contributed by atoms with Gasteiger partial charge in [0.2, 0.25) is 0 Å². The van der Waals surface area contributed by atoms with E-state index in [0.29, 0.717) is 0 Å². The lowest BCUT2D eigenvalue weighted by atomic mass is 10.0. The van der Waals surface area contributed by atoms with E-state index in [9.17, 15) is 0 Å². The molecule has 2 heterocycles. The Morgan fingerprint density at radius 3 is 2.78 bits per heavy atom. The highest BCUT2D eigenvalue weighted by molar-refractivity contribution is 5.16. The molecule has 3 nitrogen and oxygen atoms in total. The van der Waals surface area contributed by atoms with Gasteiger partial charge >= 0.3 is 0 Å². The van der Waals surface area contributed by atoms with Crippen LogP contribution in [0.3, 0.4) is 0 Å². The predicted molar refractivity (Wildman–Crippen MR) is 73.2 cm³/mol. The minimum atomic E-state index is 0.260. The predicted octanol–water partition coefficient (Wildman–Crippen LogP) is 2.76. The van der Waals surface area contributed by atoms with E-state index in [4.69, 9.17) is 0 Å². The first-order chi connectivity index (χ1) is 8.90. The molecule has 18 heavy (non-hydrogen) atoms. The van der Waals surface area contributed by atoms with Gasteiger partial charge in [0.15, 0.2) is 0 Å². The number of hydrogen-bond donors (Lipinski definition) is 1. The van der Waals surface area contributed by atoms with Crippen LogP contribution in [0.4, 0.5) is 0 Å². The van der Waals surface area contributed by atoms with Crippen LogP contribution in [0.2, 0.25) is 0 Å². The number of nitrogens with one attached hydrogen (secondary N) is 1. The fourth-order valence-electron chi connectivity index (χ4n) is 1.94. The third-order valence-corrected chi connectivity index (χ3v) is 2.85. The summed E-state index contributed by atoms with van der Waals surface area (Å²) in [5, 5.41) is 3.54. The maximum absolute atomic E-state index is 4.45. The van der Waals surface area contributed by atoms with E-state index in [1.54, 1.807) is 6.20 Å². The molecule has 0 aliphatic heterocycles. The minimum absolute atomic E-state index is 0.260. The van der Waals surface area contributed by atoms with Gasteiger partial charge in [-0.25, -0.2) is 0 Å². The fraction of sp³-hybridized carbons (Fsp3) is 0.333. The monoisotopic (exact) mass is 241 g/mol. The summed E-state index contributed by atoms with van der Waals surface area (Å²) in [6.07, 6.45) is 7.61. The molecule has 0 aliphatic rings. The fourth-order valence-corrected chi connectivity index (χ4v) is 1.94. The van der Waals surface area contributed by atoms with Crippen LogP contribution in [0.15, 0.2) is 48.9 Å². The summed E-state index contributed by atoms with van der Waals surface area (Å²) < 4.78 is 0. The molecule has 0 spiro atoms. The Bertz CT molecular complexity index is 442. The van der Waals surface area contributed by atoms with Crippen molar-refractivity contribution in [2.45, 2.75) is 25.8 Å². The molecule has 0 aromatic carbocycles. The Balaban J connectivity index is 2.10. The van der Waals surface area contributed by atoms with Gasteiger partial charge in [-0.3, -0.25) is 9.97 Å². The van der Waals surface area contributed by atoms with E-state index in [-0.39, 0.29) is 6.04 Å². The summed E-state index contributed by atoms with van der Waals surface area (Å²) >= 11 is 0. The van der Waals surface area contributed by atoms with Gasteiger partial charge in [-0.1, -0.05) is 19.1 Å². The summed E-state index contributed by atoms with van der Waals surface area (Å²) in [4.78, 5) is 8.61. The summed E-state index contributed by atoms with van der Waals surface area (Å²) in [6.45, 7) is 3.17. The Hall–Kier alpha value is -1.74. The molecule has 1 N–H and O–H groups in total. The molecule has 2 aromatic rings. The highest BCUT2D eigenvalue weighted by Crippen LogP contribution is 2.15. The standard InChI is InChI=1S/C15H19N3/c1-2-8-17-15(14-7-3-4-10-18-14)11-13-6-5-9-16-12-13/h3-7,9-10,12,15,17H,2,8,11H2,1H3. The third kappa shape index (κ3) is 3.64. The lowest BCUT2D eigenvalue weighted by molar-refractivity contribution is 0.517. The van der Waals surface area contributed by atoms with Crippen molar-refractivity contribution in [3.05, 3.63) is 60.2 Å². The van der Waals surface area contributed by atoms with Gasteiger partial charge in [-0.05, 0) is 43.1 Å². The highest BCUT2D eigenvalue weighted by atomic mass is 14.9. The van der Waals surface area contributed by atoms with Crippen molar-refractivity contribution in [3.8, 4) is 0 Å². The van der Waals surface area contributed by atoms with Crippen LogP contribution in [-0.2, 0) is 6.42 Å². The summed E-state index contributed by atoms with van der Waals surface area (Å²) in [7, 11) is 0. The van der Waals surface area contributed by atoms with Gasteiger partial charge in [-0.15, -0.1) is 0 Å². The zero-order valence-corrected chi connectivity index (χ0v) is 10.7. The van der Waals surface area contributed by atoms with E-state index < -0.39 is 0 Å². The molecule has 2 aromatic heterocycles. The highest BCUT2D eigenvalue weighted by Gasteiger charge is 2.12. The van der Waals surface area contributed by atoms with Crippen molar-refractivity contribution in [2.24, 2.45) is 0 Å². The minimum Gasteiger partial charge on any atom is -0.308 e. The smallest absolute Gasteiger partial charge is 0.0576 e. The molecule has 0 aliphatic carbocycles. The van der Waals surface area contributed by atoms with Crippen LogP contribution in [-0.4, -0.2) is 16.5 Å². The topological polar surface area (TPSA) is 37.8 Å². The lowest BCUT2D eigenvalue weighted by Crippen LogP contribution is -2.24. The Kier molecular flexibility index (Phi) is 4.85. The zero-order chi connectivity index (χ0) is 12.6. The Morgan fingerprint density at radius 2 is 2.11 bits per heavy atom. The average molecular weight is 241 g/mol. The lowest BCUT2D eigenvalue weighted by Gasteiger charge is -2.17. The van der Waals surface area contributed by atoms with Crippen molar-refractivity contribution in [1.82, 2.24) is 15.3 Å². The molecule has 3 heteroatoms.